The number of hydrogen-bond donors (Lipinski definition) is 1. The van der Waals surface area contributed by atoms with Crippen LogP contribution in [0.2, 0.25) is 0 Å². The second-order valence-corrected chi connectivity index (χ2v) is 7.26. The van der Waals surface area contributed by atoms with E-state index in [1.54, 1.807) is 0 Å². The average Bonchev–Trinajstić information content (AvgIpc) is 2.79. The summed E-state index contributed by atoms with van der Waals surface area (Å²) in [4.78, 5) is 24.0. The molecule has 0 aliphatic carbocycles. The summed E-state index contributed by atoms with van der Waals surface area (Å²) in [6, 6.07) is 7.87. The van der Waals surface area contributed by atoms with E-state index in [1.807, 2.05) is 36.0 Å². The van der Waals surface area contributed by atoms with E-state index in [-0.39, 0.29) is 23.1 Å². The van der Waals surface area contributed by atoms with Crippen molar-refractivity contribution in [2.75, 3.05) is 11.5 Å². The number of amides is 2. The first-order valence-corrected chi connectivity index (χ1v) is 8.22. The molecule has 2 atom stereocenters. The van der Waals surface area contributed by atoms with Crippen LogP contribution in [0.5, 0.6) is 0 Å². The normalized spacial score (nSPS) is 30.7. The summed E-state index contributed by atoms with van der Waals surface area (Å²) in [5, 5.41) is 2.49. The zero-order valence-corrected chi connectivity index (χ0v) is 12.7. The van der Waals surface area contributed by atoms with Gasteiger partial charge in [0.05, 0.1) is 5.92 Å². The van der Waals surface area contributed by atoms with Crippen molar-refractivity contribution in [1.29, 1.82) is 0 Å². The summed E-state index contributed by atoms with van der Waals surface area (Å²) < 4.78 is 0.999. The largest absolute Gasteiger partial charge is 0.296 e. The van der Waals surface area contributed by atoms with Crippen molar-refractivity contribution >= 4 is 39.5 Å². The van der Waals surface area contributed by atoms with Crippen LogP contribution in [0.25, 0.3) is 0 Å². The fourth-order valence-electron chi connectivity index (χ4n) is 3.10. The van der Waals surface area contributed by atoms with Gasteiger partial charge < -0.3 is 0 Å². The van der Waals surface area contributed by atoms with Crippen molar-refractivity contribution in [2.45, 2.75) is 18.8 Å². The number of thioether (sulfide) groups is 1. The maximum Gasteiger partial charge on any atom is 0.234 e. The van der Waals surface area contributed by atoms with Gasteiger partial charge in [-0.05, 0) is 29.9 Å². The molecule has 3 rings (SSSR count). The minimum absolute atomic E-state index is 0.124. The molecule has 2 aliphatic heterocycles. The fourth-order valence-corrected chi connectivity index (χ4v) is 4.88. The Labute approximate surface area is 124 Å². The van der Waals surface area contributed by atoms with Crippen molar-refractivity contribution < 1.29 is 9.59 Å². The topological polar surface area (TPSA) is 46.2 Å². The first-order valence-electron chi connectivity index (χ1n) is 6.28. The number of nitrogens with one attached hydrogen (secondary N) is 1. The molecule has 2 saturated heterocycles. The average molecular weight is 340 g/mol. The summed E-state index contributed by atoms with van der Waals surface area (Å²) >= 11 is 5.25. The fraction of sp³-hybridized carbons (Fsp3) is 0.429. The van der Waals surface area contributed by atoms with E-state index in [1.165, 1.54) is 0 Å². The standard InChI is InChI=1S/C14H14BrNO2S/c15-10-3-1-9(2-4-10)12-13(18)16-11(17)7-14(12)5-6-19-8-14/h1-4,12H,5-8H2,(H,16,17,18). The number of imide groups is 1. The van der Waals surface area contributed by atoms with Crippen LogP contribution in [0.15, 0.2) is 28.7 Å². The molecule has 2 amide bonds. The predicted molar refractivity (Wildman–Crippen MR) is 79.0 cm³/mol. The van der Waals surface area contributed by atoms with E-state index in [4.69, 9.17) is 0 Å². The maximum absolute atomic E-state index is 12.3. The van der Waals surface area contributed by atoms with Crippen LogP contribution in [0.4, 0.5) is 0 Å². The van der Waals surface area contributed by atoms with Crippen LogP contribution < -0.4 is 5.32 Å². The first kappa shape index (κ1) is 13.2. The Morgan fingerprint density at radius 1 is 1.26 bits per heavy atom. The molecule has 1 N–H and O–H groups in total. The second kappa shape index (κ2) is 4.94. The number of hydrogen-bond acceptors (Lipinski definition) is 3. The molecular weight excluding hydrogens is 326 g/mol. The molecule has 3 nitrogen and oxygen atoms in total. The molecule has 1 aromatic rings. The van der Waals surface area contributed by atoms with Gasteiger partial charge >= 0.3 is 0 Å². The molecule has 2 unspecified atom stereocenters. The lowest BCUT2D eigenvalue weighted by molar-refractivity contribution is -0.139. The van der Waals surface area contributed by atoms with Gasteiger partial charge in [0.1, 0.15) is 0 Å². The highest BCUT2D eigenvalue weighted by Crippen LogP contribution is 2.51. The highest BCUT2D eigenvalue weighted by atomic mass is 79.9. The number of carbonyl (C=O) groups excluding carboxylic acids is 2. The van der Waals surface area contributed by atoms with E-state index in [9.17, 15) is 9.59 Å². The summed E-state index contributed by atoms with van der Waals surface area (Å²) in [5.41, 5.74) is 0.827. The molecule has 5 heteroatoms. The molecule has 0 saturated carbocycles. The van der Waals surface area contributed by atoms with E-state index < -0.39 is 0 Å². The van der Waals surface area contributed by atoms with Gasteiger partial charge in [-0.1, -0.05) is 28.1 Å². The molecule has 2 fully saturated rings. The molecular formula is C14H14BrNO2S. The molecule has 0 bridgehead atoms. The number of carbonyl (C=O) groups is 2. The summed E-state index contributed by atoms with van der Waals surface area (Å²) in [6.07, 6.45) is 1.41. The monoisotopic (exact) mass is 339 g/mol. The lowest BCUT2D eigenvalue weighted by Gasteiger charge is -2.39. The van der Waals surface area contributed by atoms with E-state index in [0.717, 1.165) is 28.0 Å². The lowest BCUT2D eigenvalue weighted by Crippen LogP contribution is -2.50. The SMILES string of the molecule is O=C1CC2(CCSC2)C(c2ccc(Br)cc2)C(=O)N1. The molecule has 19 heavy (non-hydrogen) atoms. The van der Waals surface area contributed by atoms with E-state index >= 15 is 0 Å². The molecule has 2 aliphatic rings. The van der Waals surface area contributed by atoms with Crippen LogP contribution in [-0.2, 0) is 9.59 Å². The van der Waals surface area contributed by atoms with Gasteiger partial charge in [-0.25, -0.2) is 0 Å². The zero-order valence-electron chi connectivity index (χ0n) is 10.3. The number of benzene rings is 1. The Morgan fingerprint density at radius 3 is 2.63 bits per heavy atom. The van der Waals surface area contributed by atoms with Gasteiger partial charge in [0.2, 0.25) is 11.8 Å². The Morgan fingerprint density at radius 2 is 2.00 bits per heavy atom. The number of rotatable bonds is 1. The Kier molecular flexibility index (Phi) is 3.43. The summed E-state index contributed by atoms with van der Waals surface area (Å²) in [6.45, 7) is 0. The summed E-state index contributed by atoms with van der Waals surface area (Å²) in [5.74, 6) is 1.47. The molecule has 100 valence electrons. The minimum atomic E-state index is -0.201. The molecule has 1 aromatic carbocycles. The van der Waals surface area contributed by atoms with Gasteiger partial charge in [-0.15, -0.1) is 0 Å². The number of piperidine rings is 1. The van der Waals surface area contributed by atoms with Crippen LogP contribution in [0.1, 0.15) is 24.3 Å². The van der Waals surface area contributed by atoms with Crippen LogP contribution in [-0.4, -0.2) is 23.3 Å². The van der Waals surface area contributed by atoms with E-state index in [2.05, 4.69) is 21.2 Å². The Bertz CT molecular complexity index is 523. The molecule has 0 aromatic heterocycles. The van der Waals surface area contributed by atoms with Crippen LogP contribution in [0.3, 0.4) is 0 Å². The van der Waals surface area contributed by atoms with Crippen molar-refractivity contribution in [1.82, 2.24) is 5.32 Å². The quantitative estimate of drug-likeness (QED) is 0.800. The zero-order chi connectivity index (χ0) is 13.5. The van der Waals surface area contributed by atoms with Gasteiger partial charge in [0, 0.05) is 22.1 Å². The van der Waals surface area contributed by atoms with Gasteiger partial charge in [-0.3, -0.25) is 14.9 Å². The van der Waals surface area contributed by atoms with E-state index in [0.29, 0.717) is 6.42 Å². The Hall–Kier alpha value is -0.810. The lowest BCUT2D eigenvalue weighted by atomic mass is 9.67. The van der Waals surface area contributed by atoms with Gasteiger partial charge in [-0.2, -0.15) is 11.8 Å². The summed E-state index contributed by atoms with van der Waals surface area (Å²) in [7, 11) is 0. The minimum Gasteiger partial charge on any atom is -0.296 e. The molecule has 2 heterocycles. The van der Waals surface area contributed by atoms with Crippen molar-refractivity contribution in [2.24, 2.45) is 5.41 Å². The van der Waals surface area contributed by atoms with Crippen LogP contribution >= 0.6 is 27.7 Å². The van der Waals surface area contributed by atoms with Crippen LogP contribution in [0, 0.1) is 5.41 Å². The third-order valence-electron chi connectivity index (χ3n) is 3.99. The molecule has 0 radical (unpaired) electrons. The van der Waals surface area contributed by atoms with Crippen molar-refractivity contribution in [3.05, 3.63) is 34.3 Å². The second-order valence-electron chi connectivity index (χ2n) is 5.24. The number of halogens is 1. The third kappa shape index (κ3) is 2.34. The highest BCUT2D eigenvalue weighted by molar-refractivity contribution is 9.10. The third-order valence-corrected chi connectivity index (χ3v) is 5.79. The van der Waals surface area contributed by atoms with Crippen molar-refractivity contribution in [3.63, 3.8) is 0 Å². The first-order chi connectivity index (χ1) is 9.11. The maximum atomic E-state index is 12.3. The smallest absolute Gasteiger partial charge is 0.234 e. The molecule has 1 spiro atoms. The Balaban J connectivity index is 2.02. The van der Waals surface area contributed by atoms with Gasteiger partial charge in [0.25, 0.3) is 0 Å². The van der Waals surface area contributed by atoms with Crippen molar-refractivity contribution in [3.8, 4) is 0 Å². The van der Waals surface area contributed by atoms with Gasteiger partial charge in [0.15, 0.2) is 0 Å². The highest BCUT2D eigenvalue weighted by Gasteiger charge is 2.50. The predicted octanol–water partition coefficient (Wildman–Crippen LogP) is 2.70.